The predicted octanol–water partition coefficient (Wildman–Crippen LogP) is 8.16. The minimum absolute atomic E-state index is 0.0324. The second-order valence-electron chi connectivity index (χ2n) is 11.4. The van der Waals surface area contributed by atoms with E-state index in [0.717, 1.165) is 5.56 Å². The van der Waals surface area contributed by atoms with Crippen molar-refractivity contribution in [3.63, 3.8) is 0 Å². The van der Waals surface area contributed by atoms with Crippen molar-refractivity contribution in [2.24, 2.45) is 0 Å². The van der Waals surface area contributed by atoms with Gasteiger partial charge in [0.2, 0.25) is 11.3 Å². The summed E-state index contributed by atoms with van der Waals surface area (Å²) in [6.45, 7) is 0.926. The van der Waals surface area contributed by atoms with Crippen LogP contribution in [0.1, 0.15) is 48.8 Å². The van der Waals surface area contributed by atoms with Gasteiger partial charge in [-0.05, 0) is 37.3 Å². The summed E-state index contributed by atoms with van der Waals surface area (Å²) in [5, 5.41) is 21.9. The van der Waals surface area contributed by atoms with E-state index < -0.39 is 76.0 Å². The molecule has 0 radical (unpaired) electrons. The van der Waals surface area contributed by atoms with Gasteiger partial charge in [0.1, 0.15) is 11.4 Å². The van der Waals surface area contributed by atoms with E-state index in [1.807, 2.05) is 0 Å². The summed E-state index contributed by atoms with van der Waals surface area (Å²) < 4.78 is 105. The highest BCUT2D eigenvalue weighted by atomic mass is 19.4. The number of ether oxygens (including phenoxy) is 2. The van der Waals surface area contributed by atoms with E-state index in [-0.39, 0.29) is 32.1 Å². The molecule has 1 aliphatic rings. The van der Waals surface area contributed by atoms with E-state index in [0.29, 0.717) is 5.56 Å². The fourth-order valence-electron chi connectivity index (χ4n) is 5.11. The monoisotopic (exact) mass is 677 g/mol. The lowest BCUT2D eigenvalue weighted by atomic mass is 9.94. The van der Waals surface area contributed by atoms with Crippen LogP contribution in [-0.4, -0.2) is 38.4 Å². The summed E-state index contributed by atoms with van der Waals surface area (Å²) in [7, 11) is 0. The maximum absolute atomic E-state index is 15.0. The van der Waals surface area contributed by atoms with Gasteiger partial charge in [0, 0.05) is 6.07 Å². The molecule has 4 aromatic rings. The van der Waals surface area contributed by atoms with Gasteiger partial charge in [0.15, 0.2) is 0 Å². The molecule has 48 heavy (non-hydrogen) atoms. The van der Waals surface area contributed by atoms with Crippen molar-refractivity contribution in [1.29, 1.82) is 0 Å². The number of nitrogens with zero attached hydrogens (tertiary/aromatic N) is 4. The second-order valence-corrected chi connectivity index (χ2v) is 11.4. The molecule has 254 valence electrons. The SMILES string of the molecule is CC1(COCc2ccccc2)CC=CCC[C@](OCc2ccccc2)(C(F)(F)F)c2nnc(o2)-c2nc(c(C(F)(F)F)cc2[N+](=O)[O-])N1. The molecular weight excluding hydrogens is 648 g/mol. The highest BCUT2D eigenvalue weighted by Gasteiger charge is 2.61. The van der Waals surface area contributed by atoms with Crippen molar-refractivity contribution in [2.75, 3.05) is 11.9 Å². The first-order valence-electron chi connectivity index (χ1n) is 14.6. The molecule has 1 unspecified atom stereocenters. The third-order valence-corrected chi connectivity index (χ3v) is 7.61. The molecule has 0 saturated carbocycles. The van der Waals surface area contributed by atoms with Crippen LogP contribution in [0, 0.1) is 10.1 Å². The fourth-order valence-corrected chi connectivity index (χ4v) is 5.11. The van der Waals surface area contributed by atoms with Crippen LogP contribution < -0.4 is 5.32 Å². The second kappa shape index (κ2) is 13.7. The standard InChI is InChI=1S/C32H29F6N5O5/c1-29(20-46-18-21-11-5-2-6-12-21)15-9-4-10-16-30(32(36,37)38,47-19-22-13-7-3-8-14-22)28-42-41-27(48-28)25-24(43(44)45)17-23(31(33,34)35)26(39-25)40-29/h2-9,11-14,17H,10,15-16,18-20H2,1H3,(H,39,40)/t29?,30-/m1/s1. The van der Waals surface area contributed by atoms with Crippen molar-refractivity contribution < 1.29 is 45.2 Å². The minimum Gasteiger partial charge on any atom is -0.415 e. The van der Waals surface area contributed by atoms with E-state index in [4.69, 9.17) is 13.9 Å². The van der Waals surface area contributed by atoms with Crippen molar-refractivity contribution >= 4 is 11.5 Å². The Labute approximate surface area is 269 Å². The number of halogens is 6. The summed E-state index contributed by atoms with van der Waals surface area (Å²) in [5.41, 5.74) is -6.90. The number of aromatic nitrogens is 3. The van der Waals surface area contributed by atoms with Gasteiger partial charge in [-0.1, -0.05) is 72.8 Å². The van der Waals surface area contributed by atoms with Gasteiger partial charge in [-0.3, -0.25) is 10.1 Å². The Morgan fingerprint density at radius 2 is 1.60 bits per heavy atom. The number of pyridine rings is 1. The highest BCUT2D eigenvalue weighted by molar-refractivity contribution is 5.68. The van der Waals surface area contributed by atoms with E-state index in [9.17, 15) is 23.3 Å². The largest absolute Gasteiger partial charge is 0.426 e. The molecule has 0 saturated heterocycles. The number of allylic oxidation sites excluding steroid dienone is 1. The molecule has 10 nitrogen and oxygen atoms in total. The first kappa shape index (κ1) is 34.5. The highest BCUT2D eigenvalue weighted by Crippen LogP contribution is 2.47. The van der Waals surface area contributed by atoms with Gasteiger partial charge in [-0.2, -0.15) is 26.3 Å². The van der Waals surface area contributed by atoms with Gasteiger partial charge in [0.05, 0.1) is 30.3 Å². The topological polar surface area (TPSA) is 125 Å². The molecule has 2 aromatic heterocycles. The van der Waals surface area contributed by atoms with Gasteiger partial charge < -0.3 is 19.2 Å². The van der Waals surface area contributed by atoms with Gasteiger partial charge in [0.25, 0.3) is 11.8 Å². The fraction of sp³-hybridized carbons (Fsp3) is 0.344. The maximum atomic E-state index is 15.0. The lowest BCUT2D eigenvalue weighted by Crippen LogP contribution is -2.45. The molecule has 5 rings (SSSR count). The first-order valence-corrected chi connectivity index (χ1v) is 14.6. The summed E-state index contributed by atoms with van der Waals surface area (Å²) in [6, 6.07) is 17.2. The number of hydrogen-bond acceptors (Lipinski definition) is 9. The predicted molar refractivity (Wildman–Crippen MR) is 159 cm³/mol. The summed E-state index contributed by atoms with van der Waals surface area (Å²) in [6.07, 6.45) is -8.32. The normalized spacial score (nSPS) is 20.1. The average molecular weight is 678 g/mol. The number of anilines is 1. The number of rotatable bonds is 8. The Morgan fingerprint density at radius 3 is 2.21 bits per heavy atom. The molecule has 2 atom stereocenters. The van der Waals surface area contributed by atoms with Crippen LogP contribution in [0.5, 0.6) is 0 Å². The summed E-state index contributed by atoms with van der Waals surface area (Å²) in [5.74, 6) is -2.84. The Kier molecular flexibility index (Phi) is 9.86. The van der Waals surface area contributed by atoms with Crippen molar-refractivity contribution in [1.82, 2.24) is 15.2 Å². The van der Waals surface area contributed by atoms with E-state index in [1.165, 1.54) is 19.1 Å². The maximum Gasteiger partial charge on any atom is 0.426 e. The van der Waals surface area contributed by atoms with Crippen LogP contribution in [-0.2, 0) is 34.5 Å². The molecule has 0 amide bonds. The van der Waals surface area contributed by atoms with Crippen molar-refractivity contribution in [3.8, 4) is 11.6 Å². The minimum atomic E-state index is -5.14. The number of nitrogens with one attached hydrogen (secondary N) is 1. The molecule has 0 spiro atoms. The van der Waals surface area contributed by atoms with E-state index in [2.05, 4.69) is 20.5 Å². The molecule has 1 aliphatic heterocycles. The van der Waals surface area contributed by atoms with E-state index >= 15 is 13.2 Å². The van der Waals surface area contributed by atoms with Crippen LogP contribution in [0.2, 0.25) is 0 Å². The Bertz CT molecular complexity index is 1750. The van der Waals surface area contributed by atoms with Gasteiger partial charge in [-0.15, -0.1) is 10.2 Å². The van der Waals surface area contributed by atoms with Crippen LogP contribution in [0.25, 0.3) is 11.6 Å². The zero-order valence-corrected chi connectivity index (χ0v) is 25.3. The molecule has 2 aromatic carbocycles. The molecule has 4 bridgehead atoms. The zero-order valence-electron chi connectivity index (χ0n) is 25.3. The molecule has 0 fully saturated rings. The number of nitro groups is 1. The third-order valence-electron chi connectivity index (χ3n) is 7.61. The van der Waals surface area contributed by atoms with E-state index in [1.54, 1.807) is 60.7 Å². The van der Waals surface area contributed by atoms with Crippen LogP contribution in [0.4, 0.5) is 37.8 Å². The smallest absolute Gasteiger partial charge is 0.415 e. The molecule has 3 heterocycles. The first-order chi connectivity index (χ1) is 22.7. The Morgan fingerprint density at radius 1 is 0.958 bits per heavy atom. The number of alkyl halides is 6. The van der Waals surface area contributed by atoms with Gasteiger partial charge in [-0.25, -0.2) is 4.98 Å². The molecule has 1 N–H and O–H groups in total. The lowest BCUT2D eigenvalue weighted by molar-refractivity contribution is -0.384. The summed E-state index contributed by atoms with van der Waals surface area (Å²) in [4.78, 5) is 14.7. The number of fused-ring (bicyclic) bond motifs is 5. The Balaban J connectivity index is 1.63. The van der Waals surface area contributed by atoms with Gasteiger partial charge >= 0.3 is 18.0 Å². The molecule has 0 aliphatic carbocycles. The van der Waals surface area contributed by atoms with Crippen molar-refractivity contribution in [2.45, 2.75) is 62.9 Å². The number of benzene rings is 2. The van der Waals surface area contributed by atoms with Crippen molar-refractivity contribution in [3.05, 3.63) is 112 Å². The van der Waals surface area contributed by atoms with Crippen LogP contribution in [0.3, 0.4) is 0 Å². The third kappa shape index (κ3) is 7.65. The lowest BCUT2D eigenvalue weighted by Gasteiger charge is -2.33. The molecule has 16 heteroatoms. The quantitative estimate of drug-likeness (QED) is 0.0851. The Hall–Kier alpha value is -4.83. The van der Waals surface area contributed by atoms with Crippen LogP contribution in [0.15, 0.2) is 83.3 Å². The zero-order chi connectivity index (χ0) is 34.6. The molecular formula is C32H29F6N5O5. The average Bonchev–Trinajstić information content (AvgIpc) is 3.52. The number of hydrogen-bond donors (Lipinski definition) is 1. The van der Waals surface area contributed by atoms with Crippen LogP contribution >= 0.6 is 0 Å². The summed E-state index contributed by atoms with van der Waals surface area (Å²) >= 11 is 0.